The van der Waals surface area contributed by atoms with Crippen molar-refractivity contribution >= 4 is 11.0 Å². The van der Waals surface area contributed by atoms with Crippen LogP contribution in [0.3, 0.4) is 0 Å². The minimum absolute atomic E-state index is 0.0200. The summed E-state index contributed by atoms with van der Waals surface area (Å²) >= 11 is 0. The second-order valence-corrected chi connectivity index (χ2v) is 4.11. The molecule has 80 valence electrons. The molecule has 0 bridgehead atoms. The Hall–Kier alpha value is -1.51. The Balaban J connectivity index is 2.70. The molecular formula is C12H16N2O. The van der Waals surface area contributed by atoms with E-state index in [4.69, 9.17) is 0 Å². The lowest BCUT2D eigenvalue weighted by molar-refractivity contribution is 0.753. The minimum atomic E-state index is -0.0200. The Labute approximate surface area is 88.7 Å². The number of H-pyrrole nitrogens is 1. The zero-order valence-electron chi connectivity index (χ0n) is 9.37. The van der Waals surface area contributed by atoms with Crippen molar-refractivity contribution in [1.82, 2.24) is 9.55 Å². The Kier molecular flexibility index (Phi) is 2.39. The van der Waals surface area contributed by atoms with E-state index in [-0.39, 0.29) is 5.69 Å². The van der Waals surface area contributed by atoms with E-state index in [1.54, 1.807) is 4.57 Å². The van der Waals surface area contributed by atoms with Crippen LogP contribution in [0.4, 0.5) is 0 Å². The van der Waals surface area contributed by atoms with Gasteiger partial charge in [0.25, 0.3) is 0 Å². The van der Waals surface area contributed by atoms with Crippen molar-refractivity contribution < 1.29 is 0 Å². The van der Waals surface area contributed by atoms with Crippen molar-refractivity contribution in [1.29, 1.82) is 0 Å². The number of fused-ring (bicyclic) bond motifs is 1. The van der Waals surface area contributed by atoms with Gasteiger partial charge in [0.15, 0.2) is 0 Å². The monoisotopic (exact) mass is 204 g/mol. The normalized spacial score (nSPS) is 11.5. The zero-order chi connectivity index (χ0) is 11.0. The molecule has 1 aromatic heterocycles. The standard InChI is InChI=1S/C12H16N2O/c1-4-14-11-6-5-9(8(2)3)7-10(11)13-12(14)15/h5-8H,4H2,1-3H3,(H,13,15). The smallest absolute Gasteiger partial charge is 0.306 e. The topological polar surface area (TPSA) is 37.8 Å². The number of rotatable bonds is 2. The van der Waals surface area contributed by atoms with Gasteiger partial charge in [-0.15, -0.1) is 0 Å². The van der Waals surface area contributed by atoms with Crippen LogP contribution in [0.2, 0.25) is 0 Å². The van der Waals surface area contributed by atoms with E-state index in [0.29, 0.717) is 12.5 Å². The molecule has 3 nitrogen and oxygen atoms in total. The van der Waals surface area contributed by atoms with Crippen molar-refractivity contribution in [3.8, 4) is 0 Å². The molecule has 0 saturated heterocycles. The molecule has 0 fully saturated rings. The van der Waals surface area contributed by atoms with Gasteiger partial charge in [-0.1, -0.05) is 19.9 Å². The summed E-state index contributed by atoms with van der Waals surface area (Å²) in [4.78, 5) is 14.4. The van der Waals surface area contributed by atoms with Crippen LogP contribution in [-0.2, 0) is 6.54 Å². The van der Waals surface area contributed by atoms with Gasteiger partial charge in [0.05, 0.1) is 11.0 Å². The predicted molar refractivity (Wildman–Crippen MR) is 62.3 cm³/mol. The summed E-state index contributed by atoms with van der Waals surface area (Å²) in [5, 5.41) is 0. The van der Waals surface area contributed by atoms with Gasteiger partial charge < -0.3 is 4.98 Å². The van der Waals surface area contributed by atoms with Gasteiger partial charge in [0.1, 0.15) is 0 Å². The van der Waals surface area contributed by atoms with Gasteiger partial charge in [-0.3, -0.25) is 4.57 Å². The molecule has 0 amide bonds. The van der Waals surface area contributed by atoms with Crippen molar-refractivity contribution in [3.63, 3.8) is 0 Å². The first-order valence-electron chi connectivity index (χ1n) is 5.36. The molecule has 3 heteroatoms. The predicted octanol–water partition coefficient (Wildman–Crippen LogP) is 2.47. The summed E-state index contributed by atoms with van der Waals surface area (Å²) < 4.78 is 1.75. The first-order valence-corrected chi connectivity index (χ1v) is 5.36. The lowest BCUT2D eigenvalue weighted by Crippen LogP contribution is -2.14. The number of benzene rings is 1. The number of nitrogens with one attached hydrogen (secondary N) is 1. The maximum atomic E-state index is 11.6. The maximum Gasteiger partial charge on any atom is 0.326 e. The SMILES string of the molecule is CCn1c(=O)[nH]c2cc(C(C)C)ccc21. The second kappa shape index (κ2) is 3.57. The molecule has 0 spiro atoms. The van der Waals surface area contributed by atoms with E-state index in [0.717, 1.165) is 11.0 Å². The molecule has 0 aliphatic heterocycles. The molecule has 15 heavy (non-hydrogen) atoms. The average Bonchev–Trinajstić information content (AvgIpc) is 2.51. The lowest BCUT2D eigenvalue weighted by atomic mass is 10.0. The average molecular weight is 204 g/mol. The van der Waals surface area contributed by atoms with E-state index in [1.807, 2.05) is 13.0 Å². The van der Waals surface area contributed by atoms with E-state index in [9.17, 15) is 4.79 Å². The number of imidazole rings is 1. The molecule has 1 aromatic carbocycles. The summed E-state index contributed by atoms with van der Waals surface area (Å²) in [6.45, 7) is 6.98. The van der Waals surface area contributed by atoms with Crippen LogP contribution in [0.1, 0.15) is 32.3 Å². The van der Waals surface area contributed by atoms with E-state index in [1.165, 1.54) is 5.56 Å². The fraction of sp³-hybridized carbons (Fsp3) is 0.417. The van der Waals surface area contributed by atoms with Crippen molar-refractivity contribution in [2.45, 2.75) is 33.2 Å². The molecule has 2 aromatic rings. The molecule has 1 N–H and O–H groups in total. The van der Waals surface area contributed by atoms with Crippen LogP contribution in [0.15, 0.2) is 23.0 Å². The number of aromatic amines is 1. The molecule has 0 aliphatic carbocycles. The summed E-state index contributed by atoms with van der Waals surface area (Å²) in [6, 6.07) is 6.17. The van der Waals surface area contributed by atoms with Crippen LogP contribution < -0.4 is 5.69 Å². The fourth-order valence-electron chi connectivity index (χ4n) is 1.85. The Morgan fingerprint density at radius 2 is 2.13 bits per heavy atom. The third-order valence-corrected chi connectivity index (χ3v) is 2.78. The quantitative estimate of drug-likeness (QED) is 0.801. The van der Waals surface area contributed by atoms with Gasteiger partial charge in [0, 0.05) is 6.54 Å². The third-order valence-electron chi connectivity index (χ3n) is 2.78. The molecular weight excluding hydrogens is 188 g/mol. The zero-order valence-corrected chi connectivity index (χ0v) is 9.37. The molecule has 0 radical (unpaired) electrons. The van der Waals surface area contributed by atoms with Crippen LogP contribution in [0.25, 0.3) is 11.0 Å². The second-order valence-electron chi connectivity index (χ2n) is 4.11. The summed E-state index contributed by atoms with van der Waals surface area (Å²) in [5.74, 6) is 0.489. The molecule has 0 atom stereocenters. The number of aryl methyl sites for hydroxylation is 1. The highest BCUT2D eigenvalue weighted by Crippen LogP contribution is 2.19. The first-order chi connectivity index (χ1) is 7.13. The number of hydrogen-bond acceptors (Lipinski definition) is 1. The van der Waals surface area contributed by atoms with Gasteiger partial charge in [-0.25, -0.2) is 4.79 Å². The highest BCUT2D eigenvalue weighted by molar-refractivity contribution is 5.76. The summed E-state index contributed by atoms with van der Waals surface area (Å²) in [6.07, 6.45) is 0. The molecule has 0 unspecified atom stereocenters. The van der Waals surface area contributed by atoms with Crippen LogP contribution >= 0.6 is 0 Å². The number of nitrogens with zero attached hydrogens (tertiary/aromatic N) is 1. The molecule has 2 rings (SSSR count). The van der Waals surface area contributed by atoms with Crippen LogP contribution in [0, 0.1) is 0 Å². The van der Waals surface area contributed by atoms with E-state index < -0.39 is 0 Å². The van der Waals surface area contributed by atoms with Crippen LogP contribution in [0.5, 0.6) is 0 Å². The number of aromatic nitrogens is 2. The third kappa shape index (κ3) is 1.58. The van der Waals surface area contributed by atoms with Crippen molar-refractivity contribution in [3.05, 3.63) is 34.2 Å². The lowest BCUT2D eigenvalue weighted by Gasteiger charge is -2.05. The Morgan fingerprint density at radius 3 is 2.73 bits per heavy atom. The first kappa shape index (κ1) is 10.0. The van der Waals surface area contributed by atoms with Gasteiger partial charge in [-0.2, -0.15) is 0 Å². The Bertz CT molecular complexity index is 534. The van der Waals surface area contributed by atoms with E-state index >= 15 is 0 Å². The molecule has 0 aliphatic rings. The van der Waals surface area contributed by atoms with Crippen LogP contribution in [-0.4, -0.2) is 9.55 Å². The highest BCUT2D eigenvalue weighted by atomic mass is 16.1. The fourth-order valence-corrected chi connectivity index (χ4v) is 1.85. The maximum absolute atomic E-state index is 11.6. The summed E-state index contributed by atoms with van der Waals surface area (Å²) in [7, 11) is 0. The van der Waals surface area contributed by atoms with Crippen molar-refractivity contribution in [2.75, 3.05) is 0 Å². The van der Waals surface area contributed by atoms with Crippen molar-refractivity contribution in [2.24, 2.45) is 0 Å². The number of hydrogen-bond donors (Lipinski definition) is 1. The van der Waals surface area contributed by atoms with Gasteiger partial charge >= 0.3 is 5.69 Å². The van der Waals surface area contributed by atoms with Gasteiger partial charge in [0.2, 0.25) is 0 Å². The highest BCUT2D eigenvalue weighted by Gasteiger charge is 2.06. The Morgan fingerprint density at radius 1 is 1.40 bits per heavy atom. The van der Waals surface area contributed by atoms with Gasteiger partial charge in [-0.05, 0) is 30.5 Å². The summed E-state index contributed by atoms with van der Waals surface area (Å²) in [5.41, 5.74) is 3.17. The van der Waals surface area contributed by atoms with E-state index in [2.05, 4.69) is 31.0 Å². The molecule has 0 saturated carbocycles. The largest absolute Gasteiger partial charge is 0.326 e. The molecule has 1 heterocycles. The minimum Gasteiger partial charge on any atom is -0.306 e.